The number of aliphatic hydroxyl groups is 1. The van der Waals surface area contributed by atoms with E-state index in [9.17, 15) is 4.79 Å². The van der Waals surface area contributed by atoms with E-state index in [4.69, 9.17) is 10.8 Å². The van der Waals surface area contributed by atoms with Crippen molar-refractivity contribution in [2.45, 2.75) is 25.9 Å². The molecule has 0 saturated carbocycles. The van der Waals surface area contributed by atoms with Crippen molar-refractivity contribution in [1.29, 1.82) is 0 Å². The number of carbonyl (C=O) groups excluding carboxylic acids is 1. The Morgan fingerprint density at radius 3 is 2.75 bits per heavy atom. The molecule has 0 aliphatic carbocycles. The minimum absolute atomic E-state index is 0.105. The highest BCUT2D eigenvalue weighted by molar-refractivity contribution is 5.83. The molecule has 0 spiro atoms. The van der Waals surface area contributed by atoms with E-state index in [0.717, 1.165) is 5.56 Å². The van der Waals surface area contributed by atoms with Gasteiger partial charge in [-0.3, -0.25) is 4.79 Å². The first kappa shape index (κ1) is 12.5. The Hall–Kier alpha value is -1.55. The van der Waals surface area contributed by atoms with Gasteiger partial charge < -0.3 is 16.2 Å². The van der Waals surface area contributed by atoms with Crippen LogP contribution in [0.1, 0.15) is 25.3 Å². The number of amides is 1. The van der Waals surface area contributed by atoms with E-state index in [0.29, 0.717) is 5.69 Å². The Bertz CT molecular complexity index is 364. The van der Waals surface area contributed by atoms with Gasteiger partial charge in [-0.1, -0.05) is 12.1 Å². The van der Waals surface area contributed by atoms with E-state index >= 15 is 0 Å². The minimum Gasteiger partial charge on any atom is -0.399 e. The molecule has 1 unspecified atom stereocenters. The molecule has 1 amide bonds. The van der Waals surface area contributed by atoms with Gasteiger partial charge in [0.1, 0.15) is 0 Å². The minimum atomic E-state index is -0.531. The summed E-state index contributed by atoms with van der Waals surface area (Å²) in [6.45, 7) is 3.71. The number of anilines is 1. The van der Waals surface area contributed by atoms with Crippen molar-refractivity contribution in [3.05, 3.63) is 29.8 Å². The van der Waals surface area contributed by atoms with Gasteiger partial charge in [0, 0.05) is 12.2 Å². The number of benzene rings is 1. The van der Waals surface area contributed by atoms with Gasteiger partial charge in [-0.25, -0.2) is 0 Å². The van der Waals surface area contributed by atoms with Crippen LogP contribution in [0.5, 0.6) is 0 Å². The smallest absolute Gasteiger partial charge is 0.227 e. The third-order valence-electron chi connectivity index (χ3n) is 2.38. The largest absolute Gasteiger partial charge is 0.399 e. The van der Waals surface area contributed by atoms with Crippen LogP contribution in [0.2, 0.25) is 0 Å². The van der Waals surface area contributed by atoms with Crippen molar-refractivity contribution in [3.63, 3.8) is 0 Å². The molecule has 1 rings (SSSR count). The van der Waals surface area contributed by atoms with Gasteiger partial charge in [0.25, 0.3) is 0 Å². The van der Waals surface area contributed by atoms with Crippen molar-refractivity contribution in [2.24, 2.45) is 0 Å². The summed E-state index contributed by atoms with van der Waals surface area (Å²) in [5.41, 5.74) is 7.17. The van der Waals surface area contributed by atoms with Gasteiger partial charge >= 0.3 is 0 Å². The monoisotopic (exact) mass is 222 g/mol. The maximum atomic E-state index is 11.7. The van der Waals surface area contributed by atoms with Gasteiger partial charge in [0.2, 0.25) is 5.91 Å². The molecule has 0 saturated heterocycles. The Morgan fingerprint density at radius 1 is 1.50 bits per heavy atom. The van der Waals surface area contributed by atoms with Crippen LogP contribution < -0.4 is 11.1 Å². The summed E-state index contributed by atoms with van der Waals surface area (Å²) in [4.78, 5) is 11.7. The number of hydrogen-bond acceptors (Lipinski definition) is 3. The molecule has 2 atom stereocenters. The predicted molar refractivity (Wildman–Crippen MR) is 64.0 cm³/mol. The summed E-state index contributed by atoms with van der Waals surface area (Å²) < 4.78 is 0. The highest BCUT2D eigenvalue weighted by Gasteiger charge is 2.15. The molecular formula is C12H18N2O2. The van der Waals surface area contributed by atoms with Gasteiger partial charge in [0.05, 0.1) is 12.0 Å². The molecular weight excluding hydrogens is 204 g/mol. The predicted octanol–water partition coefficient (Wildman–Crippen LogP) is 0.869. The van der Waals surface area contributed by atoms with Crippen molar-refractivity contribution < 1.29 is 9.90 Å². The van der Waals surface area contributed by atoms with E-state index in [1.165, 1.54) is 0 Å². The Labute approximate surface area is 95.5 Å². The van der Waals surface area contributed by atoms with Crippen LogP contribution >= 0.6 is 0 Å². The lowest BCUT2D eigenvalue weighted by Crippen LogP contribution is -2.33. The van der Waals surface area contributed by atoms with Gasteiger partial charge in [-0.05, 0) is 31.5 Å². The van der Waals surface area contributed by atoms with E-state index in [2.05, 4.69) is 5.32 Å². The van der Waals surface area contributed by atoms with Crippen molar-refractivity contribution in [2.75, 3.05) is 12.3 Å². The van der Waals surface area contributed by atoms with E-state index in [1.807, 2.05) is 19.1 Å². The van der Waals surface area contributed by atoms with Crippen molar-refractivity contribution in [3.8, 4) is 0 Å². The molecule has 4 N–H and O–H groups in total. The molecule has 1 aromatic carbocycles. The van der Waals surface area contributed by atoms with E-state index < -0.39 is 6.10 Å². The van der Waals surface area contributed by atoms with Gasteiger partial charge in [-0.2, -0.15) is 0 Å². The third-order valence-corrected chi connectivity index (χ3v) is 2.38. The second-order valence-corrected chi connectivity index (χ2v) is 3.99. The molecule has 0 heterocycles. The summed E-state index contributed by atoms with van der Waals surface area (Å²) in [6, 6.07) is 7.25. The zero-order valence-electron chi connectivity index (χ0n) is 9.60. The summed E-state index contributed by atoms with van der Waals surface area (Å²) in [6.07, 6.45) is -0.531. The zero-order chi connectivity index (χ0) is 12.1. The standard InChI is InChI=1S/C12H18N2O2/c1-8(15)7-14-12(16)9(2)10-4-3-5-11(13)6-10/h3-6,8-9,15H,7,13H2,1-2H3,(H,14,16)/t8-,9?/m1/s1. The Morgan fingerprint density at radius 2 is 2.19 bits per heavy atom. The van der Waals surface area contributed by atoms with Crippen LogP contribution in [-0.4, -0.2) is 23.7 Å². The highest BCUT2D eigenvalue weighted by atomic mass is 16.3. The fraction of sp³-hybridized carbons (Fsp3) is 0.417. The molecule has 0 fully saturated rings. The second kappa shape index (κ2) is 5.51. The number of carbonyl (C=O) groups is 1. The SMILES string of the molecule is CC(C(=O)NC[C@@H](C)O)c1cccc(N)c1. The van der Waals surface area contributed by atoms with Gasteiger partial charge in [0.15, 0.2) is 0 Å². The van der Waals surface area contributed by atoms with E-state index in [-0.39, 0.29) is 18.4 Å². The zero-order valence-corrected chi connectivity index (χ0v) is 9.60. The first-order valence-corrected chi connectivity index (χ1v) is 5.32. The lowest BCUT2D eigenvalue weighted by molar-refractivity contribution is -0.122. The highest BCUT2D eigenvalue weighted by Crippen LogP contribution is 2.17. The summed E-state index contributed by atoms with van der Waals surface area (Å²) in [5, 5.41) is 11.7. The fourth-order valence-electron chi connectivity index (χ4n) is 1.38. The van der Waals surface area contributed by atoms with Crippen LogP contribution in [0.3, 0.4) is 0 Å². The molecule has 1 aromatic rings. The molecule has 0 radical (unpaired) electrons. The lowest BCUT2D eigenvalue weighted by atomic mass is 10.00. The third kappa shape index (κ3) is 3.55. The quantitative estimate of drug-likeness (QED) is 0.662. The number of aliphatic hydroxyl groups excluding tert-OH is 1. The maximum absolute atomic E-state index is 11.7. The number of nitrogens with two attached hydrogens (primary N) is 1. The Balaban J connectivity index is 2.63. The molecule has 88 valence electrons. The molecule has 16 heavy (non-hydrogen) atoms. The number of rotatable bonds is 4. The number of hydrogen-bond donors (Lipinski definition) is 3. The van der Waals surface area contributed by atoms with Crippen molar-refractivity contribution >= 4 is 11.6 Å². The van der Waals surface area contributed by atoms with Crippen LogP contribution in [0.25, 0.3) is 0 Å². The first-order chi connectivity index (χ1) is 7.50. The van der Waals surface area contributed by atoms with Crippen LogP contribution in [0.4, 0.5) is 5.69 Å². The summed E-state index contributed by atoms with van der Waals surface area (Å²) in [5.74, 6) is -0.367. The summed E-state index contributed by atoms with van der Waals surface area (Å²) in [7, 11) is 0. The molecule has 4 heteroatoms. The number of nitrogen functional groups attached to an aromatic ring is 1. The summed E-state index contributed by atoms with van der Waals surface area (Å²) >= 11 is 0. The first-order valence-electron chi connectivity index (χ1n) is 5.32. The average Bonchev–Trinajstić information content (AvgIpc) is 2.24. The molecule has 0 aliphatic rings. The molecule has 0 bridgehead atoms. The molecule has 0 aliphatic heterocycles. The molecule has 0 aromatic heterocycles. The normalized spacial score (nSPS) is 14.2. The van der Waals surface area contributed by atoms with Crippen LogP contribution in [0, 0.1) is 0 Å². The van der Waals surface area contributed by atoms with Crippen molar-refractivity contribution in [1.82, 2.24) is 5.32 Å². The molecule has 4 nitrogen and oxygen atoms in total. The Kier molecular flexibility index (Phi) is 4.31. The van der Waals surface area contributed by atoms with Crippen LogP contribution in [-0.2, 0) is 4.79 Å². The maximum Gasteiger partial charge on any atom is 0.227 e. The topological polar surface area (TPSA) is 75.3 Å². The average molecular weight is 222 g/mol. The van der Waals surface area contributed by atoms with E-state index in [1.54, 1.807) is 19.1 Å². The second-order valence-electron chi connectivity index (χ2n) is 3.99. The number of nitrogens with one attached hydrogen (secondary N) is 1. The lowest BCUT2D eigenvalue weighted by Gasteiger charge is -2.13. The van der Waals surface area contributed by atoms with Crippen LogP contribution in [0.15, 0.2) is 24.3 Å². The fourth-order valence-corrected chi connectivity index (χ4v) is 1.38. The van der Waals surface area contributed by atoms with Gasteiger partial charge in [-0.15, -0.1) is 0 Å².